The van der Waals surface area contributed by atoms with Crippen molar-refractivity contribution >= 4 is 10.9 Å². The fourth-order valence-electron chi connectivity index (χ4n) is 2.45. The fourth-order valence-corrected chi connectivity index (χ4v) is 2.45. The molecule has 0 saturated heterocycles. The van der Waals surface area contributed by atoms with Gasteiger partial charge in [0, 0.05) is 23.2 Å². The number of pyridine rings is 1. The number of nitrogens with zero attached hydrogens (tertiary/aromatic N) is 1. The average Bonchev–Trinajstić information content (AvgIpc) is 2.47. The van der Waals surface area contributed by atoms with Crippen molar-refractivity contribution in [2.75, 3.05) is 7.11 Å². The lowest BCUT2D eigenvalue weighted by Crippen LogP contribution is -2.18. The van der Waals surface area contributed by atoms with Gasteiger partial charge >= 0.3 is 0 Å². The van der Waals surface area contributed by atoms with Crippen LogP contribution < -0.4 is 10.3 Å². The van der Waals surface area contributed by atoms with Crippen LogP contribution in [0.2, 0.25) is 0 Å². The van der Waals surface area contributed by atoms with Crippen molar-refractivity contribution in [1.29, 1.82) is 0 Å². The van der Waals surface area contributed by atoms with Gasteiger partial charge in [-0.15, -0.1) is 0 Å². The number of rotatable bonds is 2. The van der Waals surface area contributed by atoms with Crippen LogP contribution in [-0.2, 0) is 0 Å². The highest BCUT2D eigenvalue weighted by Gasteiger charge is 2.09. The zero-order chi connectivity index (χ0) is 14.1. The lowest BCUT2D eigenvalue weighted by Gasteiger charge is -2.13. The summed E-state index contributed by atoms with van der Waals surface area (Å²) in [6.07, 6.45) is 0. The molecule has 2 aromatic carbocycles. The zero-order valence-corrected chi connectivity index (χ0v) is 11.5. The maximum Gasteiger partial charge on any atom is 0.255 e. The summed E-state index contributed by atoms with van der Waals surface area (Å²) in [4.78, 5) is 12.4. The molecule has 1 aromatic heterocycles. The molecule has 0 aliphatic heterocycles. The molecule has 100 valence electrons. The molecule has 3 rings (SSSR count). The van der Waals surface area contributed by atoms with E-state index in [0.29, 0.717) is 0 Å². The molecule has 0 atom stereocenters. The van der Waals surface area contributed by atoms with E-state index in [1.807, 2.05) is 55.5 Å². The summed E-state index contributed by atoms with van der Waals surface area (Å²) in [5.41, 5.74) is 2.66. The third-order valence-corrected chi connectivity index (χ3v) is 3.45. The lowest BCUT2D eigenvalue weighted by molar-refractivity contribution is 0.415. The van der Waals surface area contributed by atoms with E-state index < -0.39 is 0 Å². The SMILES string of the molecule is COc1ccc2c(C)cc(=O)n(-c3ccccc3)c2c1. The van der Waals surface area contributed by atoms with Crippen LogP contribution in [0.15, 0.2) is 59.4 Å². The minimum Gasteiger partial charge on any atom is -0.497 e. The minimum absolute atomic E-state index is 0.0329. The Labute approximate surface area is 117 Å². The molecular weight excluding hydrogens is 250 g/mol. The predicted molar refractivity (Wildman–Crippen MR) is 80.8 cm³/mol. The van der Waals surface area contributed by atoms with E-state index in [9.17, 15) is 4.79 Å². The third kappa shape index (κ3) is 1.97. The second-order valence-corrected chi connectivity index (χ2v) is 4.72. The first-order chi connectivity index (χ1) is 9.70. The van der Waals surface area contributed by atoms with Crippen molar-refractivity contribution in [2.45, 2.75) is 6.92 Å². The summed E-state index contributed by atoms with van der Waals surface area (Å²) < 4.78 is 6.99. The molecule has 0 spiro atoms. The fraction of sp³-hybridized carbons (Fsp3) is 0.118. The van der Waals surface area contributed by atoms with Crippen LogP contribution >= 0.6 is 0 Å². The highest BCUT2D eigenvalue weighted by Crippen LogP contribution is 2.24. The monoisotopic (exact) mass is 265 g/mol. The Bertz CT molecular complexity index is 820. The van der Waals surface area contributed by atoms with Crippen molar-refractivity contribution in [1.82, 2.24) is 4.57 Å². The van der Waals surface area contributed by atoms with Crippen molar-refractivity contribution < 1.29 is 4.74 Å². The minimum atomic E-state index is -0.0329. The Morgan fingerprint density at radius 1 is 1.00 bits per heavy atom. The van der Waals surface area contributed by atoms with Gasteiger partial charge in [0.2, 0.25) is 0 Å². The summed E-state index contributed by atoms with van der Waals surface area (Å²) in [5.74, 6) is 0.743. The smallest absolute Gasteiger partial charge is 0.255 e. The molecule has 0 saturated carbocycles. The number of hydrogen-bond acceptors (Lipinski definition) is 2. The van der Waals surface area contributed by atoms with Crippen molar-refractivity contribution in [2.24, 2.45) is 0 Å². The molecule has 0 fully saturated rings. The topological polar surface area (TPSA) is 31.2 Å². The lowest BCUT2D eigenvalue weighted by atomic mass is 10.1. The number of para-hydroxylation sites is 1. The number of hydrogen-bond donors (Lipinski definition) is 0. The van der Waals surface area contributed by atoms with Crippen LogP contribution in [0.4, 0.5) is 0 Å². The molecule has 0 radical (unpaired) electrons. The van der Waals surface area contributed by atoms with Gasteiger partial charge in [-0.2, -0.15) is 0 Å². The first kappa shape index (κ1) is 12.5. The molecule has 3 heteroatoms. The summed E-state index contributed by atoms with van der Waals surface area (Å²) in [6, 6.07) is 17.1. The molecule has 20 heavy (non-hydrogen) atoms. The van der Waals surface area contributed by atoms with E-state index >= 15 is 0 Å². The van der Waals surface area contributed by atoms with Crippen molar-refractivity contribution in [3.63, 3.8) is 0 Å². The van der Waals surface area contributed by atoms with Gasteiger partial charge in [0.15, 0.2) is 0 Å². The summed E-state index contributed by atoms with van der Waals surface area (Å²) >= 11 is 0. The number of benzene rings is 2. The Morgan fingerprint density at radius 3 is 2.45 bits per heavy atom. The molecule has 3 nitrogen and oxygen atoms in total. The van der Waals surface area contributed by atoms with Gasteiger partial charge in [0.1, 0.15) is 5.75 Å². The van der Waals surface area contributed by atoms with Gasteiger partial charge in [-0.3, -0.25) is 9.36 Å². The van der Waals surface area contributed by atoms with Gasteiger partial charge in [-0.25, -0.2) is 0 Å². The molecule has 0 unspecified atom stereocenters. The largest absolute Gasteiger partial charge is 0.497 e. The van der Waals surface area contributed by atoms with E-state index in [2.05, 4.69) is 0 Å². The van der Waals surface area contributed by atoms with Crippen LogP contribution in [0.1, 0.15) is 5.56 Å². The van der Waals surface area contributed by atoms with Gasteiger partial charge in [0.05, 0.1) is 12.6 Å². The molecule has 0 bridgehead atoms. The van der Waals surface area contributed by atoms with Gasteiger partial charge in [-0.05, 0) is 36.8 Å². The van der Waals surface area contributed by atoms with E-state index in [-0.39, 0.29) is 5.56 Å². The molecule has 0 amide bonds. The second kappa shape index (κ2) is 4.85. The molecule has 1 heterocycles. The Kier molecular flexibility index (Phi) is 3.03. The van der Waals surface area contributed by atoms with Crippen LogP contribution in [0, 0.1) is 6.92 Å². The number of methoxy groups -OCH3 is 1. The van der Waals surface area contributed by atoms with Crippen molar-refractivity contribution in [3.8, 4) is 11.4 Å². The maximum absolute atomic E-state index is 12.4. The Morgan fingerprint density at radius 2 is 1.75 bits per heavy atom. The van der Waals surface area contributed by atoms with Crippen LogP contribution in [0.5, 0.6) is 5.75 Å². The summed E-state index contributed by atoms with van der Waals surface area (Å²) in [7, 11) is 1.63. The van der Waals surface area contributed by atoms with E-state index in [4.69, 9.17) is 4.74 Å². The summed E-state index contributed by atoms with van der Waals surface area (Å²) in [5, 5.41) is 1.05. The van der Waals surface area contributed by atoms with Gasteiger partial charge < -0.3 is 4.74 Å². The molecule has 0 aliphatic carbocycles. The maximum atomic E-state index is 12.4. The number of ether oxygens (including phenoxy) is 1. The molecular formula is C17H15NO2. The highest BCUT2D eigenvalue weighted by molar-refractivity contribution is 5.85. The van der Waals surface area contributed by atoms with E-state index in [1.54, 1.807) is 17.7 Å². The van der Waals surface area contributed by atoms with E-state index in [0.717, 1.165) is 27.9 Å². The number of fused-ring (bicyclic) bond motifs is 1. The predicted octanol–water partition coefficient (Wildman–Crippen LogP) is 3.31. The third-order valence-electron chi connectivity index (χ3n) is 3.45. The van der Waals surface area contributed by atoms with E-state index in [1.165, 1.54) is 0 Å². The summed E-state index contributed by atoms with van der Waals surface area (Å²) in [6.45, 7) is 1.95. The average molecular weight is 265 g/mol. The standard InChI is InChI=1S/C17H15NO2/c1-12-10-17(19)18(13-6-4-3-5-7-13)16-11-14(20-2)8-9-15(12)16/h3-11H,1-2H3. The quantitative estimate of drug-likeness (QED) is 0.712. The van der Waals surface area contributed by atoms with Crippen molar-refractivity contribution in [3.05, 3.63) is 70.5 Å². The van der Waals surface area contributed by atoms with Gasteiger partial charge in [-0.1, -0.05) is 18.2 Å². The number of aromatic nitrogens is 1. The molecule has 0 N–H and O–H groups in total. The second-order valence-electron chi connectivity index (χ2n) is 4.72. The van der Waals surface area contributed by atoms with Crippen LogP contribution in [-0.4, -0.2) is 11.7 Å². The first-order valence-electron chi connectivity index (χ1n) is 6.46. The Balaban J connectivity index is 2.44. The highest BCUT2D eigenvalue weighted by atomic mass is 16.5. The molecule has 0 aliphatic rings. The van der Waals surface area contributed by atoms with Crippen LogP contribution in [0.3, 0.4) is 0 Å². The number of aryl methyl sites for hydroxylation is 1. The first-order valence-corrected chi connectivity index (χ1v) is 6.46. The zero-order valence-electron chi connectivity index (χ0n) is 11.5. The Hall–Kier alpha value is -2.55. The molecule has 3 aromatic rings. The van der Waals surface area contributed by atoms with Crippen LogP contribution in [0.25, 0.3) is 16.6 Å². The normalized spacial score (nSPS) is 10.7. The van der Waals surface area contributed by atoms with Gasteiger partial charge in [0.25, 0.3) is 5.56 Å².